The van der Waals surface area contributed by atoms with Gasteiger partial charge in [-0.05, 0) is 19.9 Å². The maximum absolute atomic E-state index is 10.8. The summed E-state index contributed by atoms with van der Waals surface area (Å²) in [6.45, 7) is 4.01. The van der Waals surface area contributed by atoms with Crippen molar-refractivity contribution in [1.29, 1.82) is 0 Å². The number of aryl methyl sites for hydroxylation is 1. The minimum absolute atomic E-state index is 0.312. The molecule has 1 aromatic rings. The van der Waals surface area contributed by atoms with Gasteiger partial charge in [-0.25, -0.2) is 14.8 Å². The lowest BCUT2D eigenvalue weighted by atomic mass is 10.4. The van der Waals surface area contributed by atoms with Crippen molar-refractivity contribution in [3.8, 4) is 0 Å². The van der Waals surface area contributed by atoms with Crippen molar-refractivity contribution < 1.29 is 14.6 Å². The fourth-order valence-electron chi connectivity index (χ4n) is 1.04. The lowest BCUT2D eigenvalue weighted by Crippen LogP contribution is -2.26. The summed E-state index contributed by atoms with van der Waals surface area (Å²) in [6, 6.07) is 1.79. The van der Waals surface area contributed by atoms with Crippen LogP contribution in [0.25, 0.3) is 0 Å². The molecule has 1 heterocycles. The van der Waals surface area contributed by atoms with Gasteiger partial charge in [0.05, 0.1) is 0 Å². The molecular formula is C10H14N2O3S. The Kier molecular flexibility index (Phi) is 5.21. The van der Waals surface area contributed by atoms with E-state index in [1.54, 1.807) is 19.2 Å². The van der Waals surface area contributed by atoms with Gasteiger partial charge in [0, 0.05) is 24.3 Å². The molecule has 5 nitrogen and oxygen atoms in total. The Hall–Kier alpha value is -1.14. The number of thioether (sulfide) groups is 1. The maximum Gasteiger partial charge on any atom is 0.333 e. The van der Waals surface area contributed by atoms with Crippen molar-refractivity contribution in [2.45, 2.75) is 25.1 Å². The molecule has 6 heteroatoms. The maximum atomic E-state index is 10.8. The summed E-state index contributed by atoms with van der Waals surface area (Å²) in [7, 11) is 0. The summed E-state index contributed by atoms with van der Waals surface area (Å²) in [6.07, 6.45) is 0.848. The van der Waals surface area contributed by atoms with Crippen LogP contribution in [-0.4, -0.2) is 39.5 Å². The largest absolute Gasteiger partial charge is 0.479 e. The third-order valence-electron chi connectivity index (χ3n) is 1.78. The predicted molar refractivity (Wildman–Crippen MR) is 60.5 cm³/mol. The van der Waals surface area contributed by atoms with Crippen molar-refractivity contribution in [3.05, 3.63) is 18.0 Å². The van der Waals surface area contributed by atoms with Crippen LogP contribution in [0.15, 0.2) is 17.4 Å². The van der Waals surface area contributed by atoms with Crippen molar-refractivity contribution >= 4 is 17.7 Å². The van der Waals surface area contributed by atoms with Crippen molar-refractivity contribution in [2.24, 2.45) is 0 Å². The molecule has 16 heavy (non-hydrogen) atoms. The first-order chi connectivity index (χ1) is 7.63. The average Bonchev–Trinajstić information content (AvgIpc) is 2.24. The molecule has 0 aliphatic carbocycles. The van der Waals surface area contributed by atoms with E-state index >= 15 is 0 Å². The minimum Gasteiger partial charge on any atom is -0.479 e. The number of hydrogen-bond donors (Lipinski definition) is 1. The lowest BCUT2D eigenvalue weighted by Gasteiger charge is -2.10. The van der Waals surface area contributed by atoms with Crippen LogP contribution in [0, 0.1) is 6.92 Å². The van der Waals surface area contributed by atoms with E-state index in [9.17, 15) is 4.79 Å². The highest BCUT2D eigenvalue weighted by molar-refractivity contribution is 7.99. The van der Waals surface area contributed by atoms with E-state index in [-0.39, 0.29) is 0 Å². The third-order valence-corrected chi connectivity index (χ3v) is 2.70. The minimum atomic E-state index is -0.956. The van der Waals surface area contributed by atoms with E-state index in [0.717, 1.165) is 5.69 Å². The molecule has 1 atom stereocenters. The van der Waals surface area contributed by atoms with Gasteiger partial charge in [0.2, 0.25) is 0 Å². The number of ether oxygens (including phenoxy) is 1. The standard InChI is InChI=1S/C10H14N2O3S/c1-3-15-8(9(13)14)6-16-10-11-5-4-7(2)12-10/h4-5,8H,3,6H2,1-2H3,(H,13,14). The van der Waals surface area contributed by atoms with Gasteiger partial charge in [0.25, 0.3) is 0 Å². The Labute approximate surface area is 98.3 Å². The molecule has 0 saturated carbocycles. The Morgan fingerprint density at radius 2 is 2.44 bits per heavy atom. The molecular weight excluding hydrogens is 228 g/mol. The van der Waals surface area contributed by atoms with Crippen molar-refractivity contribution in [2.75, 3.05) is 12.4 Å². The molecule has 1 unspecified atom stereocenters. The summed E-state index contributed by atoms with van der Waals surface area (Å²) in [5, 5.41) is 9.43. The first-order valence-electron chi connectivity index (χ1n) is 4.90. The molecule has 0 amide bonds. The van der Waals surface area contributed by atoms with E-state index < -0.39 is 12.1 Å². The van der Waals surface area contributed by atoms with Crippen molar-refractivity contribution in [1.82, 2.24) is 9.97 Å². The highest BCUT2D eigenvalue weighted by Crippen LogP contribution is 2.15. The van der Waals surface area contributed by atoms with Gasteiger partial charge in [0.1, 0.15) is 0 Å². The number of carboxylic acids is 1. The first kappa shape index (κ1) is 12.9. The fourth-order valence-corrected chi connectivity index (χ4v) is 1.92. The van der Waals surface area contributed by atoms with Gasteiger partial charge in [-0.2, -0.15) is 0 Å². The summed E-state index contributed by atoms with van der Waals surface area (Å²) in [4.78, 5) is 19.0. The van der Waals surface area contributed by atoms with E-state index in [1.165, 1.54) is 11.8 Å². The second-order valence-corrected chi connectivity index (χ2v) is 4.06. The third kappa shape index (κ3) is 4.16. The monoisotopic (exact) mass is 242 g/mol. The van der Waals surface area contributed by atoms with Crippen LogP contribution < -0.4 is 0 Å². The lowest BCUT2D eigenvalue weighted by molar-refractivity contribution is -0.148. The zero-order chi connectivity index (χ0) is 12.0. The summed E-state index contributed by atoms with van der Waals surface area (Å²) < 4.78 is 5.08. The van der Waals surface area contributed by atoms with Crippen LogP contribution in [-0.2, 0) is 9.53 Å². The van der Waals surface area contributed by atoms with E-state index in [4.69, 9.17) is 9.84 Å². The van der Waals surface area contributed by atoms with Gasteiger partial charge in [-0.1, -0.05) is 11.8 Å². The Morgan fingerprint density at radius 3 is 3.00 bits per heavy atom. The summed E-state index contributed by atoms with van der Waals surface area (Å²) in [5.41, 5.74) is 0.862. The normalized spacial score (nSPS) is 12.4. The molecule has 0 radical (unpaired) electrons. The average molecular weight is 242 g/mol. The first-order valence-corrected chi connectivity index (χ1v) is 5.89. The summed E-state index contributed by atoms with van der Waals surface area (Å²) in [5.74, 6) is -0.644. The molecule has 1 aromatic heterocycles. The molecule has 1 N–H and O–H groups in total. The highest BCUT2D eigenvalue weighted by Gasteiger charge is 2.18. The molecule has 0 aromatic carbocycles. The van der Waals surface area contributed by atoms with Crippen LogP contribution in [0.4, 0.5) is 0 Å². The number of aromatic nitrogens is 2. The molecule has 1 rings (SSSR count). The highest BCUT2D eigenvalue weighted by atomic mass is 32.2. The molecule has 0 aliphatic rings. The van der Waals surface area contributed by atoms with E-state index in [1.807, 2.05) is 6.92 Å². The SMILES string of the molecule is CCOC(CSc1nccc(C)n1)C(=O)O. The fraction of sp³-hybridized carbons (Fsp3) is 0.500. The smallest absolute Gasteiger partial charge is 0.333 e. The second-order valence-electron chi connectivity index (χ2n) is 3.07. The Bertz CT molecular complexity index is 360. The number of nitrogens with zero attached hydrogens (tertiary/aromatic N) is 2. The van der Waals surface area contributed by atoms with Crippen LogP contribution in [0.5, 0.6) is 0 Å². The molecule has 88 valence electrons. The zero-order valence-electron chi connectivity index (χ0n) is 9.21. The second kappa shape index (κ2) is 6.44. The quantitative estimate of drug-likeness (QED) is 0.600. The molecule has 0 fully saturated rings. The number of rotatable bonds is 6. The van der Waals surface area contributed by atoms with E-state index in [2.05, 4.69) is 9.97 Å². The van der Waals surface area contributed by atoms with Crippen LogP contribution in [0.3, 0.4) is 0 Å². The number of hydrogen-bond acceptors (Lipinski definition) is 5. The zero-order valence-corrected chi connectivity index (χ0v) is 10.0. The topological polar surface area (TPSA) is 72.3 Å². The van der Waals surface area contributed by atoms with Crippen molar-refractivity contribution in [3.63, 3.8) is 0 Å². The number of carboxylic acid groups (broad SMARTS) is 1. The molecule has 0 aliphatic heterocycles. The van der Waals surface area contributed by atoms with Crippen LogP contribution in [0.2, 0.25) is 0 Å². The number of aliphatic carboxylic acids is 1. The van der Waals surface area contributed by atoms with Gasteiger partial charge < -0.3 is 9.84 Å². The molecule has 0 bridgehead atoms. The number of carbonyl (C=O) groups is 1. The van der Waals surface area contributed by atoms with Gasteiger partial charge >= 0.3 is 5.97 Å². The summed E-state index contributed by atoms with van der Waals surface area (Å²) >= 11 is 1.28. The molecule has 0 spiro atoms. The van der Waals surface area contributed by atoms with Gasteiger partial charge in [-0.3, -0.25) is 0 Å². The Morgan fingerprint density at radius 1 is 1.69 bits per heavy atom. The van der Waals surface area contributed by atoms with Crippen LogP contribution in [0.1, 0.15) is 12.6 Å². The molecule has 0 saturated heterocycles. The van der Waals surface area contributed by atoms with Gasteiger partial charge in [0.15, 0.2) is 11.3 Å². The van der Waals surface area contributed by atoms with Gasteiger partial charge in [-0.15, -0.1) is 0 Å². The van der Waals surface area contributed by atoms with E-state index in [0.29, 0.717) is 17.5 Å². The predicted octanol–water partition coefficient (Wildman–Crippen LogP) is 1.37. The Balaban J connectivity index is 2.51. The van der Waals surface area contributed by atoms with Crippen LogP contribution >= 0.6 is 11.8 Å².